The molecule has 0 spiro atoms. The second kappa shape index (κ2) is 13.3. The van der Waals surface area contributed by atoms with Gasteiger partial charge < -0.3 is 24.1 Å². The summed E-state index contributed by atoms with van der Waals surface area (Å²) in [6, 6.07) is 9.54. The van der Waals surface area contributed by atoms with Crippen molar-refractivity contribution in [2.45, 2.75) is 60.1 Å². The molecule has 4 rings (SSSR count). The van der Waals surface area contributed by atoms with Crippen molar-refractivity contribution in [1.82, 2.24) is 4.57 Å². The molecule has 0 saturated heterocycles. The monoisotopic (exact) mass is 594 g/mol. The van der Waals surface area contributed by atoms with Crippen LogP contribution >= 0.6 is 11.3 Å². The summed E-state index contributed by atoms with van der Waals surface area (Å²) in [6.45, 7) is 12.3. The van der Waals surface area contributed by atoms with Crippen LogP contribution in [0.1, 0.15) is 65.1 Å². The zero-order valence-corrected chi connectivity index (χ0v) is 25.9. The number of hydrogen-bond donors (Lipinski definition) is 1. The SMILES string of the molecule is CCOc1cc(C=c2sc3n(c2=O)C(c2ccc(OCCC(C)C)c(OC)c2)C(C(=O)OC(C)C)=C(C)N=3)ccc1O. The van der Waals surface area contributed by atoms with Crippen molar-refractivity contribution < 1.29 is 28.8 Å². The van der Waals surface area contributed by atoms with Crippen LogP contribution in [0.4, 0.5) is 0 Å². The number of hydrogen-bond acceptors (Lipinski definition) is 9. The van der Waals surface area contributed by atoms with Crippen molar-refractivity contribution in [2.24, 2.45) is 10.9 Å². The molecule has 1 aliphatic rings. The molecule has 0 aliphatic carbocycles. The Hall–Kier alpha value is -4.05. The van der Waals surface area contributed by atoms with Gasteiger partial charge >= 0.3 is 5.97 Å². The van der Waals surface area contributed by atoms with E-state index in [9.17, 15) is 14.7 Å². The maximum atomic E-state index is 14.0. The molecular formula is C32H38N2O7S. The van der Waals surface area contributed by atoms with Gasteiger partial charge in [0, 0.05) is 0 Å². The molecule has 3 aromatic rings. The number of allylic oxidation sites excluding steroid dienone is 1. The molecule has 1 atom stereocenters. The van der Waals surface area contributed by atoms with Crippen LogP contribution in [0.15, 0.2) is 57.5 Å². The number of thiazole rings is 1. The predicted molar refractivity (Wildman–Crippen MR) is 162 cm³/mol. The topological polar surface area (TPSA) is 109 Å². The highest BCUT2D eigenvalue weighted by atomic mass is 32.1. The minimum atomic E-state index is -0.799. The minimum Gasteiger partial charge on any atom is -0.504 e. The number of aromatic hydroxyl groups is 1. The van der Waals surface area contributed by atoms with Crippen LogP contribution in [0.2, 0.25) is 0 Å². The molecule has 224 valence electrons. The Balaban J connectivity index is 1.87. The average Bonchev–Trinajstić information content (AvgIpc) is 3.23. The number of nitrogens with zero attached hydrogens (tertiary/aromatic N) is 2. The van der Waals surface area contributed by atoms with Gasteiger partial charge in [-0.15, -0.1) is 0 Å². The lowest BCUT2D eigenvalue weighted by Gasteiger charge is -2.26. The molecule has 1 N–H and O–H groups in total. The van der Waals surface area contributed by atoms with Crippen LogP contribution in [0.5, 0.6) is 23.0 Å². The van der Waals surface area contributed by atoms with Crippen molar-refractivity contribution in [1.29, 1.82) is 0 Å². The number of rotatable bonds is 11. The maximum Gasteiger partial charge on any atom is 0.338 e. The first kappa shape index (κ1) is 30.9. The fourth-order valence-corrected chi connectivity index (χ4v) is 5.64. The van der Waals surface area contributed by atoms with Crippen LogP contribution in [0.25, 0.3) is 6.08 Å². The normalized spacial score (nSPS) is 15.1. The fourth-order valence-electron chi connectivity index (χ4n) is 4.60. The Morgan fingerprint density at radius 2 is 1.86 bits per heavy atom. The van der Waals surface area contributed by atoms with Crippen LogP contribution in [0.3, 0.4) is 0 Å². The molecule has 2 heterocycles. The highest BCUT2D eigenvalue weighted by molar-refractivity contribution is 7.07. The van der Waals surface area contributed by atoms with Crippen molar-refractivity contribution in [3.05, 3.63) is 78.5 Å². The number of carbonyl (C=O) groups is 1. The van der Waals surface area contributed by atoms with Gasteiger partial charge in [-0.3, -0.25) is 9.36 Å². The van der Waals surface area contributed by atoms with E-state index in [0.717, 1.165) is 6.42 Å². The first-order valence-corrected chi connectivity index (χ1v) is 14.9. The highest BCUT2D eigenvalue weighted by Crippen LogP contribution is 2.36. The van der Waals surface area contributed by atoms with E-state index in [0.29, 0.717) is 62.5 Å². The van der Waals surface area contributed by atoms with Gasteiger partial charge in [0.1, 0.15) is 0 Å². The van der Waals surface area contributed by atoms with Gasteiger partial charge in [-0.05, 0) is 81.5 Å². The zero-order valence-electron chi connectivity index (χ0n) is 25.1. The van der Waals surface area contributed by atoms with Crippen molar-refractivity contribution in [3.8, 4) is 23.0 Å². The second-order valence-electron chi connectivity index (χ2n) is 10.6. The lowest BCUT2D eigenvalue weighted by molar-refractivity contribution is -0.143. The Kier molecular flexibility index (Phi) is 9.78. The third-order valence-electron chi connectivity index (χ3n) is 6.62. The molecule has 0 bridgehead atoms. The van der Waals surface area contributed by atoms with Crippen LogP contribution in [-0.4, -0.2) is 42.1 Å². The Morgan fingerprint density at radius 1 is 1.10 bits per heavy atom. The van der Waals surface area contributed by atoms with E-state index in [4.69, 9.17) is 18.9 Å². The van der Waals surface area contributed by atoms with Crippen LogP contribution in [0, 0.1) is 5.92 Å². The minimum absolute atomic E-state index is 0.0185. The Labute approximate surface area is 249 Å². The van der Waals surface area contributed by atoms with Crippen molar-refractivity contribution >= 4 is 23.4 Å². The summed E-state index contributed by atoms with van der Waals surface area (Å²) < 4.78 is 24.7. The molecular weight excluding hydrogens is 556 g/mol. The number of phenols is 1. The summed E-state index contributed by atoms with van der Waals surface area (Å²) in [4.78, 5) is 32.5. The summed E-state index contributed by atoms with van der Waals surface area (Å²) in [7, 11) is 1.56. The summed E-state index contributed by atoms with van der Waals surface area (Å²) in [5.74, 6) is 1.38. The summed E-state index contributed by atoms with van der Waals surface area (Å²) in [5.41, 5.74) is 1.77. The number of aromatic nitrogens is 1. The Morgan fingerprint density at radius 3 is 2.52 bits per heavy atom. The van der Waals surface area contributed by atoms with Gasteiger partial charge in [0.15, 0.2) is 27.8 Å². The van der Waals surface area contributed by atoms with Crippen LogP contribution in [-0.2, 0) is 9.53 Å². The molecule has 0 saturated carbocycles. The first-order valence-electron chi connectivity index (χ1n) is 14.0. The molecule has 10 heteroatoms. The third kappa shape index (κ3) is 6.70. The smallest absolute Gasteiger partial charge is 0.338 e. The molecule has 2 aromatic carbocycles. The molecule has 0 fully saturated rings. The second-order valence-corrected chi connectivity index (χ2v) is 11.6. The summed E-state index contributed by atoms with van der Waals surface area (Å²) >= 11 is 1.22. The highest BCUT2D eigenvalue weighted by Gasteiger charge is 2.34. The third-order valence-corrected chi connectivity index (χ3v) is 7.60. The van der Waals surface area contributed by atoms with E-state index in [1.807, 2.05) is 13.0 Å². The lowest BCUT2D eigenvalue weighted by Crippen LogP contribution is -2.40. The van der Waals surface area contributed by atoms with E-state index < -0.39 is 12.0 Å². The molecule has 1 aliphatic heterocycles. The molecule has 42 heavy (non-hydrogen) atoms. The number of methoxy groups -OCH3 is 1. The molecule has 1 aromatic heterocycles. The van der Waals surface area contributed by atoms with Crippen molar-refractivity contribution in [3.63, 3.8) is 0 Å². The zero-order chi connectivity index (χ0) is 30.6. The van der Waals surface area contributed by atoms with Gasteiger partial charge in [-0.1, -0.05) is 37.3 Å². The Bertz CT molecular complexity index is 1670. The van der Waals surface area contributed by atoms with Gasteiger partial charge in [-0.2, -0.15) is 0 Å². The quantitative estimate of drug-likeness (QED) is 0.320. The molecule has 0 amide bonds. The number of phenolic OH excluding ortho intramolecular Hbond substituents is 1. The standard InChI is InChI=1S/C32H38N2O7S/c1-8-39-25-15-21(9-11-23(25)35)16-27-30(36)34-29(28(31(37)41-19(4)5)20(6)33-32(34)42-27)22-10-12-24(26(17-22)38-7)40-14-13-18(2)3/h9-12,15-19,29,35H,8,13-14H2,1-7H3. The number of carbonyl (C=O) groups excluding carboxylic acids is 1. The van der Waals surface area contributed by atoms with E-state index >= 15 is 0 Å². The molecule has 9 nitrogen and oxygen atoms in total. The summed E-state index contributed by atoms with van der Waals surface area (Å²) in [6.07, 6.45) is 2.26. The number of esters is 1. The average molecular weight is 595 g/mol. The lowest BCUT2D eigenvalue weighted by atomic mass is 9.95. The summed E-state index contributed by atoms with van der Waals surface area (Å²) in [5, 5.41) is 10.1. The van der Waals surface area contributed by atoms with Gasteiger partial charge in [0.2, 0.25) is 0 Å². The van der Waals surface area contributed by atoms with Crippen LogP contribution < -0.4 is 29.1 Å². The first-order chi connectivity index (χ1) is 20.0. The van der Waals surface area contributed by atoms with Gasteiger partial charge in [0.25, 0.3) is 5.56 Å². The number of fused-ring (bicyclic) bond motifs is 1. The maximum absolute atomic E-state index is 14.0. The van der Waals surface area contributed by atoms with E-state index in [-0.39, 0.29) is 23.0 Å². The number of ether oxygens (including phenoxy) is 4. The molecule has 1 unspecified atom stereocenters. The van der Waals surface area contributed by atoms with E-state index in [1.165, 1.54) is 22.0 Å². The van der Waals surface area contributed by atoms with Gasteiger partial charge in [0.05, 0.1) is 48.3 Å². The largest absolute Gasteiger partial charge is 0.504 e. The number of benzene rings is 2. The predicted octanol–water partition coefficient (Wildman–Crippen LogP) is 4.72. The van der Waals surface area contributed by atoms with Crippen molar-refractivity contribution in [2.75, 3.05) is 20.3 Å². The van der Waals surface area contributed by atoms with E-state index in [1.54, 1.807) is 58.2 Å². The van der Waals surface area contributed by atoms with E-state index in [2.05, 4.69) is 18.8 Å². The molecule has 0 radical (unpaired) electrons. The fraction of sp³-hybridized carbons (Fsp3) is 0.406. The van der Waals surface area contributed by atoms with Gasteiger partial charge in [-0.25, -0.2) is 9.79 Å².